The van der Waals surface area contributed by atoms with Gasteiger partial charge in [0, 0.05) is 61.9 Å². The van der Waals surface area contributed by atoms with E-state index >= 15 is 0 Å². The van der Waals surface area contributed by atoms with Gasteiger partial charge in [-0.05, 0) is 145 Å². The molecule has 0 spiro atoms. The normalized spacial score (nSPS) is 11.8. The molecular weight excluding hydrogens is 1140 g/mol. The van der Waals surface area contributed by atoms with Gasteiger partial charge in [-0.25, -0.2) is 19.9 Å². The topological polar surface area (TPSA) is 77.3 Å². The van der Waals surface area contributed by atoms with Crippen LogP contribution < -0.4 is 0 Å². The number of aromatic nitrogens is 6. The van der Waals surface area contributed by atoms with Gasteiger partial charge in [0.2, 0.25) is 0 Å². The molecule has 0 atom stereocenters. The fourth-order valence-electron chi connectivity index (χ4n) is 14.7. The van der Waals surface area contributed by atoms with Gasteiger partial charge in [-0.3, -0.25) is 9.97 Å². The number of pyridine rings is 3. The van der Waals surface area contributed by atoms with Crippen LogP contribution in [0, 0.1) is 0 Å². The molecule has 19 aromatic rings. The van der Waals surface area contributed by atoms with Crippen LogP contribution in [-0.4, -0.2) is 29.9 Å². The second kappa shape index (κ2) is 21.5. The summed E-state index contributed by atoms with van der Waals surface area (Å²) in [5.74, 6) is 1.82. The van der Waals surface area contributed by atoms with Crippen LogP contribution in [0.1, 0.15) is 0 Å². The van der Waals surface area contributed by atoms with Gasteiger partial charge >= 0.3 is 0 Å². The Labute approximate surface area is 540 Å². The van der Waals surface area contributed by atoms with Crippen molar-refractivity contribution in [2.75, 3.05) is 0 Å². The third-order valence-corrected chi connectivity index (χ3v) is 19.1. The van der Waals surface area contributed by atoms with Gasteiger partial charge in [0.1, 0.15) is 0 Å². The predicted octanol–water partition coefficient (Wildman–Crippen LogP) is 22.9. The van der Waals surface area contributed by atoms with Crippen molar-refractivity contribution in [3.05, 3.63) is 316 Å². The minimum Gasteiger partial charge on any atom is -0.255 e. The van der Waals surface area contributed by atoms with Crippen LogP contribution in [0.4, 0.5) is 0 Å². The highest BCUT2D eigenvalue weighted by Gasteiger charge is 2.22. The van der Waals surface area contributed by atoms with Crippen LogP contribution in [-0.2, 0) is 0 Å². The molecule has 0 aliphatic carbocycles. The Hall–Kier alpha value is -12.6. The number of benzene rings is 15. The SMILES string of the molecule is c1ccc2cc(-c3c4ccccc4c(-c4ccc(-c5ccc6ccc7cccnc7c6n5)cc4)c4cc(-c5cnc(-c6ccc(-c7nc(-c8cc9ccccc9c9ccccc89)nc(-c8cc9ccccc9c9ccccc89)n7)cc6)c6ccccc56)ccc34)ccc2c1. The number of hydrogen-bond donors (Lipinski definition) is 0. The Kier molecular flexibility index (Phi) is 12.2. The van der Waals surface area contributed by atoms with E-state index < -0.39 is 0 Å². The van der Waals surface area contributed by atoms with Gasteiger partial charge < -0.3 is 0 Å². The molecule has 0 amide bonds. The molecule has 0 aliphatic rings. The Morgan fingerprint density at radius 3 is 1.31 bits per heavy atom. The highest BCUT2D eigenvalue weighted by atomic mass is 15.0. The first-order chi connectivity index (χ1) is 46.6. The van der Waals surface area contributed by atoms with Crippen LogP contribution in [0.2, 0.25) is 0 Å². The first-order valence-corrected chi connectivity index (χ1v) is 31.9. The van der Waals surface area contributed by atoms with E-state index in [4.69, 9.17) is 29.9 Å². The minimum absolute atomic E-state index is 0.589. The summed E-state index contributed by atoms with van der Waals surface area (Å²) in [6.45, 7) is 0. The molecule has 0 saturated heterocycles. The summed E-state index contributed by atoms with van der Waals surface area (Å²) < 4.78 is 0. The highest BCUT2D eigenvalue weighted by molar-refractivity contribution is 6.23. The van der Waals surface area contributed by atoms with Crippen molar-refractivity contribution < 1.29 is 0 Å². The van der Waals surface area contributed by atoms with Crippen molar-refractivity contribution in [3.63, 3.8) is 0 Å². The van der Waals surface area contributed by atoms with Crippen LogP contribution in [0.25, 0.3) is 198 Å². The molecular formula is C88H52N6. The smallest absolute Gasteiger partial charge is 0.164 e. The van der Waals surface area contributed by atoms with Gasteiger partial charge in [-0.1, -0.05) is 267 Å². The van der Waals surface area contributed by atoms with Crippen LogP contribution in [0.3, 0.4) is 0 Å². The Balaban J connectivity index is 0.747. The van der Waals surface area contributed by atoms with E-state index in [-0.39, 0.29) is 0 Å². The molecule has 0 bridgehead atoms. The number of fused-ring (bicyclic) bond motifs is 13. The van der Waals surface area contributed by atoms with E-state index in [9.17, 15) is 0 Å². The minimum atomic E-state index is 0.589. The standard InChI is InChI=1S/C88H52N6/c1-2-17-60-48-64(42-31-53(60)16-1)82-73-29-13-12-28-72(73)81(55-34-32-54(33-35-55)80-46-44-58-37-36-56-20-15-47-89-84(56)85(58)91-80)76-49-63(43-45-74(76)82)79-52-90-83(75-30-14-11-27-71(75)79)57-38-40-59(41-39-57)86-92-87(77-50-61-18-3-5-21-65(61)67-23-7-9-25-69(67)77)94-88(93-86)78-51-62-19-4-6-22-66(62)68-24-8-10-26-70(68)78/h1-52H. The van der Waals surface area contributed by atoms with E-state index in [1.807, 2.05) is 12.3 Å². The lowest BCUT2D eigenvalue weighted by Crippen LogP contribution is -2.01. The monoisotopic (exact) mass is 1190 g/mol. The molecule has 15 aromatic carbocycles. The van der Waals surface area contributed by atoms with Crippen molar-refractivity contribution in [1.29, 1.82) is 0 Å². The average Bonchev–Trinajstić information content (AvgIpc) is 0.743. The molecule has 0 N–H and O–H groups in total. The number of rotatable bonds is 8. The second-order valence-corrected chi connectivity index (χ2v) is 24.4. The fraction of sp³-hybridized carbons (Fsp3) is 0. The second-order valence-electron chi connectivity index (χ2n) is 24.4. The van der Waals surface area contributed by atoms with Gasteiger partial charge in [-0.15, -0.1) is 0 Å². The van der Waals surface area contributed by atoms with Gasteiger partial charge in [0.25, 0.3) is 0 Å². The Morgan fingerprint density at radius 2 is 0.649 bits per heavy atom. The highest BCUT2D eigenvalue weighted by Crippen LogP contribution is 2.47. The van der Waals surface area contributed by atoms with Crippen molar-refractivity contribution in [2.45, 2.75) is 0 Å². The zero-order valence-corrected chi connectivity index (χ0v) is 50.7. The van der Waals surface area contributed by atoms with E-state index in [0.29, 0.717) is 17.5 Å². The number of nitrogens with zero attached hydrogens (tertiary/aromatic N) is 6. The van der Waals surface area contributed by atoms with Crippen molar-refractivity contribution in [3.8, 4) is 90.1 Å². The lowest BCUT2D eigenvalue weighted by atomic mass is 9.84. The van der Waals surface area contributed by atoms with Gasteiger partial charge in [0.05, 0.1) is 22.4 Å². The number of hydrogen-bond acceptors (Lipinski definition) is 6. The summed E-state index contributed by atoms with van der Waals surface area (Å²) in [4.78, 5) is 31.6. The quantitative estimate of drug-likeness (QED) is 0.111. The lowest BCUT2D eigenvalue weighted by Gasteiger charge is -2.19. The van der Waals surface area contributed by atoms with Crippen molar-refractivity contribution in [2.24, 2.45) is 0 Å². The van der Waals surface area contributed by atoms with Gasteiger partial charge in [-0.2, -0.15) is 0 Å². The molecule has 0 aliphatic heterocycles. The van der Waals surface area contributed by atoms with Crippen molar-refractivity contribution >= 4 is 108 Å². The summed E-state index contributed by atoms with van der Waals surface area (Å²) >= 11 is 0. The first kappa shape index (κ1) is 53.2. The maximum atomic E-state index is 5.42. The van der Waals surface area contributed by atoms with Crippen molar-refractivity contribution in [1.82, 2.24) is 29.9 Å². The maximum Gasteiger partial charge on any atom is 0.164 e. The molecule has 6 heteroatoms. The lowest BCUT2D eigenvalue weighted by molar-refractivity contribution is 1.08. The molecule has 0 saturated carbocycles. The maximum absolute atomic E-state index is 5.42. The molecule has 4 heterocycles. The zero-order valence-electron chi connectivity index (χ0n) is 50.7. The summed E-state index contributed by atoms with van der Waals surface area (Å²) in [5.41, 5.74) is 15.2. The molecule has 6 nitrogen and oxygen atoms in total. The molecule has 434 valence electrons. The summed E-state index contributed by atoms with van der Waals surface area (Å²) in [6, 6.07) is 109. The molecule has 4 aromatic heterocycles. The van der Waals surface area contributed by atoms with Gasteiger partial charge in [0.15, 0.2) is 17.5 Å². The van der Waals surface area contributed by atoms with Crippen LogP contribution in [0.5, 0.6) is 0 Å². The molecule has 0 fully saturated rings. The molecule has 0 radical (unpaired) electrons. The van der Waals surface area contributed by atoms with E-state index in [1.54, 1.807) is 0 Å². The third kappa shape index (κ3) is 8.72. The predicted molar refractivity (Wildman–Crippen MR) is 392 cm³/mol. The van der Waals surface area contributed by atoms with E-state index in [2.05, 4.69) is 303 Å². The van der Waals surface area contributed by atoms with Crippen LogP contribution >= 0.6 is 0 Å². The summed E-state index contributed by atoms with van der Waals surface area (Å²) in [7, 11) is 0. The largest absolute Gasteiger partial charge is 0.255 e. The molecule has 94 heavy (non-hydrogen) atoms. The van der Waals surface area contributed by atoms with E-state index in [0.717, 1.165) is 126 Å². The molecule has 0 unspecified atom stereocenters. The fourth-order valence-corrected chi connectivity index (χ4v) is 14.7. The third-order valence-electron chi connectivity index (χ3n) is 19.1. The zero-order chi connectivity index (χ0) is 61.8. The van der Waals surface area contributed by atoms with E-state index in [1.165, 1.54) is 54.4 Å². The van der Waals surface area contributed by atoms with Crippen LogP contribution in [0.15, 0.2) is 316 Å². The summed E-state index contributed by atoms with van der Waals surface area (Å²) in [5, 5.41) is 20.5. The average molecular weight is 1190 g/mol. The summed E-state index contributed by atoms with van der Waals surface area (Å²) in [6.07, 6.45) is 3.91. The molecule has 19 rings (SSSR count). The Bertz CT molecular complexity index is 6220. The Morgan fingerprint density at radius 1 is 0.202 bits per heavy atom. The first-order valence-electron chi connectivity index (χ1n) is 31.9.